The fourth-order valence-electron chi connectivity index (χ4n) is 1.44. The molecule has 0 fully saturated rings. The molecule has 102 valence electrons. The molecule has 0 unspecified atom stereocenters. The zero-order valence-corrected chi connectivity index (χ0v) is 10.1. The molecule has 0 bridgehead atoms. The lowest BCUT2D eigenvalue weighted by Gasteiger charge is -2.10. The molecule has 0 amide bonds. The summed E-state index contributed by atoms with van der Waals surface area (Å²) in [5, 5.41) is 9.05. The number of hydrogen-bond acceptors (Lipinski definition) is 3. The van der Waals surface area contributed by atoms with Gasteiger partial charge in [0.05, 0.1) is 19.6 Å². The van der Waals surface area contributed by atoms with Gasteiger partial charge in [0.25, 0.3) is 0 Å². The van der Waals surface area contributed by atoms with E-state index in [0.717, 1.165) is 6.42 Å². The first-order chi connectivity index (χ1) is 8.44. The zero-order chi connectivity index (χ0) is 13.6. The monoisotopic (exact) mass is 263 g/mol. The van der Waals surface area contributed by atoms with E-state index in [2.05, 4.69) is 4.98 Å². The molecule has 0 saturated carbocycles. The lowest BCUT2D eigenvalue weighted by atomic mass is 10.2. The highest BCUT2D eigenvalue weighted by atomic mass is 19.4. The van der Waals surface area contributed by atoms with Crippen molar-refractivity contribution < 1.29 is 23.0 Å². The van der Waals surface area contributed by atoms with Crippen LogP contribution in [0.4, 0.5) is 13.2 Å². The Morgan fingerprint density at radius 3 is 2.61 bits per heavy atom. The van der Waals surface area contributed by atoms with Crippen LogP contribution in [-0.2, 0) is 13.0 Å². The van der Waals surface area contributed by atoms with Crippen molar-refractivity contribution in [2.75, 3.05) is 6.61 Å². The molecule has 1 aromatic rings. The summed E-state index contributed by atoms with van der Waals surface area (Å²) in [6, 6.07) is 3.18. The third-order valence-corrected chi connectivity index (χ3v) is 2.24. The Bertz CT molecular complexity index is 380. The summed E-state index contributed by atoms with van der Waals surface area (Å²) in [5.41, 5.74) is 1.31. The Labute approximate surface area is 104 Å². The highest BCUT2D eigenvalue weighted by molar-refractivity contribution is 5.24. The van der Waals surface area contributed by atoms with Gasteiger partial charge in [0, 0.05) is 11.8 Å². The van der Waals surface area contributed by atoms with Gasteiger partial charge in [0.2, 0.25) is 5.88 Å². The maximum atomic E-state index is 12.0. The van der Waals surface area contributed by atoms with Crippen LogP contribution in [0.3, 0.4) is 0 Å². The summed E-state index contributed by atoms with van der Waals surface area (Å²) in [6.45, 7) is 1.32. The van der Waals surface area contributed by atoms with Crippen LogP contribution < -0.4 is 4.74 Å². The molecule has 0 aliphatic rings. The number of pyridine rings is 1. The zero-order valence-electron chi connectivity index (χ0n) is 10.1. The van der Waals surface area contributed by atoms with Crippen molar-refractivity contribution in [2.24, 2.45) is 0 Å². The van der Waals surface area contributed by atoms with E-state index in [0.29, 0.717) is 17.7 Å². The summed E-state index contributed by atoms with van der Waals surface area (Å²) < 4.78 is 40.9. The van der Waals surface area contributed by atoms with Crippen LogP contribution in [-0.4, -0.2) is 22.9 Å². The van der Waals surface area contributed by atoms with Gasteiger partial charge in [-0.1, -0.05) is 13.3 Å². The summed E-state index contributed by atoms with van der Waals surface area (Å²) >= 11 is 0. The Balaban J connectivity index is 2.66. The molecular formula is C12H16F3NO2. The number of aromatic nitrogens is 1. The number of alkyl halides is 3. The van der Waals surface area contributed by atoms with Crippen molar-refractivity contribution >= 4 is 0 Å². The van der Waals surface area contributed by atoms with Crippen LogP contribution in [0, 0.1) is 0 Å². The number of rotatable bonds is 6. The van der Waals surface area contributed by atoms with Crippen LogP contribution >= 0.6 is 0 Å². The normalized spacial score (nSPS) is 11.6. The number of aliphatic hydroxyl groups is 1. The number of aryl methyl sites for hydroxylation is 1. The molecule has 0 aromatic carbocycles. The Morgan fingerprint density at radius 2 is 2.06 bits per heavy atom. The van der Waals surface area contributed by atoms with Crippen molar-refractivity contribution in [3.05, 3.63) is 23.4 Å². The number of ether oxygens (including phenoxy) is 1. The van der Waals surface area contributed by atoms with Crippen molar-refractivity contribution in [1.82, 2.24) is 4.98 Å². The minimum Gasteiger partial charge on any atom is -0.477 e. The van der Waals surface area contributed by atoms with Crippen LogP contribution in [0.1, 0.15) is 31.0 Å². The van der Waals surface area contributed by atoms with E-state index in [4.69, 9.17) is 9.84 Å². The smallest absolute Gasteiger partial charge is 0.392 e. The van der Waals surface area contributed by atoms with Crippen LogP contribution in [0.2, 0.25) is 0 Å². The van der Waals surface area contributed by atoms with Crippen molar-refractivity contribution in [3.8, 4) is 5.88 Å². The Hall–Kier alpha value is -1.30. The van der Waals surface area contributed by atoms with Gasteiger partial charge in [-0.15, -0.1) is 0 Å². The predicted octanol–water partition coefficient (Wildman–Crippen LogP) is 2.86. The molecule has 1 rings (SSSR count). The fourth-order valence-corrected chi connectivity index (χ4v) is 1.44. The molecule has 0 atom stereocenters. The highest BCUT2D eigenvalue weighted by Crippen LogP contribution is 2.20. The molecule has 1 heterocycles. The molecule has 0 saturated heterocycles. The van der Waals surface area contributed by atoms with E-state index in [-0.39, 0.29) is 12.5 Å². The standard InChI is InChI=1S/C12H16F3NO2/c1-2-3-10-6-9(8-17)7-11(16-10)18-5-4-12(13,14)15/h6-7,17H,2-5,8H2,1H3. The highest BCUT2D eigenvalue weighted by Gasteiger charge is 2.26. The molecular weight excluding hydrogens is 247 g/mol. The van der Waals surface area contributed by atoms with Gasteiger partial charge in [-0.3, -0.25) is 0 Å². The molecule has 0 spiro atoms. The molecule has 1 N–H and O–H groups in total. The van der Waals surface area contributed by atoms with Crippen LogP contribution in [0.25, 0.3) is 0 Å². The Kier molecular flexibility index (Phi) is 5.40. The number of hydrogen-bond donors (Lipinski definition) is 1. The first-order valence-electron chi connectivity index (χ1n) is 5.75. The maximum Gasteiger partial charge on any atom is 0.392 e. The summed E-state index contributed by atoms with van der Waals surface area (Å²) in [6.07, 6.45) is -3.69. The number of nitrogens with zero attached hydrogens (tertiary/aromatic N) is 1. The molecule has 0 radical (unpaired) electrons. The summed E-state index contributed by atoms with van der Waals surface area (Å²) in [7, 11) is 0. The van der Waals surface area contributed by atoms with Gasteiger partial charge in [0.15, 0.2) is 0 Å². The molecule has 0 aliphatic carbocycles. The summed E-state index contributed by atoms with van der Waals surface area (Å²) in [4.78, 5) is 4.09. The first kappa shape index (κ1) is 14.8. The lowest BCUT2D eigenvalue weighted by Crippen LogP contribution is -2.13. The quantitative estimate of drug-likeness (QED) is 0.858. The predicted molar refractivity (Wildman–Crippen MR) is 60.3 cm³/mol. The maximum absolute atomic E-state index is 12.0. The van der Waals surface area contributed by atoms with E-state index < -0.39 is 19.2 Å². The van der Waals surface area contributed by atoms with Crippen molar-refractivity contribution in [3.63, 3.8) is 0 Å². The minimum atomic E-state index is -4.24. The average Bonchev–Trinajstić information content (AvgIpc) is 2.27. The molecule has 6 heteroatoms. The number of halogens is 3. The second-order valence-corrected chi connectivity index (χ2v) is 3.93. The van der Waals surface area contributed by atoms with Crippen LogP contribution in [0.5, 0.6) is 5.88 Å². The molecule has 0 aliphatic heterocycles. The third kappa shape index (κ3) is 5.35. The van der Waals surface area contributed by atoms with Gasteiger partial charge < -0.3 is 9.84 Å². The van der Waals surface area contributed by atoms with Gasteiger partial charge >= 0.3 is 6.18 Å². The second kappa shape index (κ2) is 6.58. The molecule has 1 aromatic heterocycles. The molecule has 3 nitrogen and oxygen atoms in total. The Morgan fingerprint density at radius 1 is 1.33 bits per heavy atom. The second-order valence-electron chi connectivity index (χ2n) is 3.93. The van der Waals surface area contributed by atoms with E-state index in [1.165, 1.54) is 6.07 Å². The lowest BCUT2D eigenvalue weighted by molar-refractivity contribution is -0.139. The first-order valence-corrected chi connectivity index (χ1v) is 5.75. The van der Waals surface area contributed by atoms with Crippen molar-refractivity contribution in [1.29, 1.82) is 0 Å². The summed E-state index contributed by atoms with van der Waals surface area (Å²) in [5.74, 6) is 0.134. The van der Waals surface area contributed by atoms with Gasteiger partial charge in [-0.05, 0) is 18.1 Å². The van der Waals surface area contributed by atoms with Gasteiger partial charge in [-0.2, -0.15) is 13.2 Å². The average molecular weight is 263 g/mol. The minimum absolute atomic E-state index is 0.134. The van der Waals surface area contributed by atoms with E-state index in [1.54, 1.807) is 6.07 Å². The van der Waals surface area contributed by atoms with Crippen LogP contribution in [0.15, 0.2) is 12.1 Å². The SMILES string of the molecule is CCCc1cc(CO)cc(OCCC(F)(F)F)n1. The van der Waals surface area contributed by atoms with E-state index >= 15 is 0 Å². The molecule has 18 heavy (non-hydrogen) atoms. The largest absolute Gasteiger partial charge is 0.477 e. The number of aliphatic hydroxyl groups excluding tert-OH is 1. The fraction of sp³-hybridized carbons (Fsp3) is 0.583. The van der Waals surface area contributed by atoms with E-state index in [1.807, 2.05) is 6.92 Å². The van der Waals surface area contributed by atoms with Gasteiger partial charge in [-0.25, -0.2) is 4.98 Å². The topological polar surface area (TPSA) is 42.4 Å². The van der Waals surface area contributed by atoms with Gasteiger partial charge in [0.1, 0.15) is 0 Å². The third-order valence-electron chi connectivity index (χ3n) is 2.24. The van der Waals surface area contributed by atoms with E-state index in [9.17, 15) is 13.2 Å². The van der Waals surface area contributed by atoms with Crippen molar-refractivity contribution in [2.45, 2.75) is 39.0 Å².